The first-order valence-electron chi connectivity index (χ1n) is 13.4. The van der Waals surface area contributed by atoms with Gasteiger partial charge in [0.1, 0.15) is 0 Å². The maximum Gasteiger partial charge on any atom is 0.303 e. The van der Waals surface area contributed by atoms with Crippen molar-refractivity contribution in [3.8, 4) is 23.0 Å². The van der Waals surface area contributed by atoms with Crippen LogP contribution in [0, 0.1) is 0 Å². The first kappa shape index (κ1) is 32.0. The van der Waals surface area contributed by atoms with Gasteiger partial charge in [-0.3, -0.25) is 19.2 Å². The highest BCUT2D eigenvalue weighted by atomic mass is 16.6. The predicted molar refractivity (Wildman–Crippen MR) is 151 cm³/mol. The molecule has 0 spiro atoms. The third-order valence-corrected chi connectivity index (χ3v) is 6.95. The fourth-order valence-electron chi connectivity index (χ4n) is 5.08. The summed E-state index contributed by atoms with van der Waals surface area (Å²) >= 11 is 0. The maximum absolute atomic E-state index is 13.6. The standard InChI is InChI=1S/C30H38N2O10/c1-17(33)32-13-11-21-15-25(39-6)26(40-7)16-22(21)27(32)28(41-18(2)34)29(42-19(3)35)30(36)31-12-10-20-8-9-23(37-4)24(14-20)38-5/h8-9,14-16,27-29H,10-13H2,1-7H3,(H,31,36)/t27?,28-,29+/m0/s1. The van der Waals surface area contributed by atoms with Gasteiger partial charge in [-0.1, -0.05) is 6.07 Å². The monoisotopic (exact) mass is 586 g/mol. The molecule has 0 aliphatic carbocycles. The van der Waals surface area contributed by atoms with Gasteiger partial charge in [0, 0.05) is 33.9 Å². The SMILES string of the molecule is COc1ccc(CCNC(=O)[C@H](OC(C)=O)[C@@H](OC(C)=O)C2c3cc(OC)c(OC)cc3CCN2C(C)=O)cc1OC. The summed E-state index contributed by atoms with van der Waals surface area (Å²) in [5, 5.41) is 2.78. The van der Waals surface area contributed by atoms with Gasteiger partial charge in [0.05, 0.1) is 34.5 Å². The highest BCUT2D eigenvalue weighted by molar-refractivity contribution is 5.85. The Kier molecular flexibility index (Phi) is 11.0. The van der Waals surface area contributed by atoms with Crippen molar-refractivity contribution in [1.29, 1.82) is 0 Å². The second-order valence-corrected chi connectivity index (χ2v) is 9.65. The molecule has 0 bridgehead atoms. The van der Waals surface area contributed by atoms with E-state index in [9.17, 15) is 19.2 Å². The average molecular weight is 587 g/mol. The van der Waals surface area contributed by atoms with Gasteiger partial charge in [0.25, 0.3) is 5.91 Å². The molecule has 2 amide bonds. The molecule has 42 heavy (non-hydrogen) atoms. The molecular weight excluding hydrogens is 548 g/mol. The number of nitrogens with zero attached hydrogens (tertiary/aromatic N) is 1. The summed E-state index contributed by atoms with van der Waals surface area (Å²) in [6.07, 6.45) is -2.04. The van der Waals surface area contributed by atoms with Crippen LogP contribution in [0.2, 0.25) is 0 Å². The molecule has 1 aliphatic rings. The summed E-state index contributed by atoms with van der Waals surface area (Å²) in [5.74, 6) is -0.489. The fraction of sp³-hybridized carbons (Fsp3) is 0.467. The van der Waals surface area contributed by atoms with Crippen molar-refractivity contribution < 1.29 is 47.6 Å². The third kappa shape index (κ3) is 7.42. The normalized spacial score (nSPS) is 15.4. The number of hydrogen-bond acceptors (Lipinski definition) is 10. The first-order valence-corrected chi connectivity index (χ1v) is 13.4. The number of carbonyl (C=O) groups excluding carboxylic acids is 4. The number of nitrogens with one attached hydrogen (secondary N) is 1. The third-order valence-electron chi connectivity index (χ3n) is 6.95. The van der Waals surface area contributed by atoms with Gasteiger partial charge in [0.15, 0.2) is 29.1 Å². The maximum atomic E-state index is 13.6. The van der Waals surface area contributed by atoms with Crippen LogP contribution in [-0.4, -0.2) is 82.4 Å². The molecule has 3 rings (SSSR count). The van der Waals surface area contributed by atoms with E-state index >= 15 is 0 Å². The molecular formula is C30H38N2O10. The van der Waals surface area contributed by atoms with E-state index in [1.54, 1.807) is 24.3 Å². The van der Waals surface area contributed by atoms with Crippen molar-refractivity contribution in [1.82, 2.24) is 10.2 Å². The topological polar surface area (TPSA) is 139 Å². The van der Waals surface area contributed by atoms with Crippen molar-refractivity contribution in [2.24, 2.45) is 0 Å². The van der Waals surface area contributed by atoms with E-state index < -0.39 is 36.1 Å². The van der Waals surface area contributed by atoms with Gasteiger partial charge >= 0.3 is 11.9 Å². The van der Waals surface area contributed by atoms with E-state index in [1.807, 2.05) is 6.07 Å². The smallest absolute Gasteiger partial charge is 0.303 e. The number of esters is 2. The highest BCUT2D eigenvalue weighted by Crippen LogP contribution is 2.41. The summed E-state index contributed by atoms with van der Waals surface area (Å²) in [6, 6.07) is 7.90. The van der Waals surface area contributed by atoms with Crippen LogP contribution in [-0.2, 0) is 41.5 Å². The number of benzene rings is 2. The minimum absolute atomic E-state index is 0.168. The summed E-state index contributed by atoms with van der Waals surface area (Å²) in [7, 11) is 6.05. The highest BCUT2D eigenvalue weighted by Gasteiger charge is 2.46. The minimum atomic E-state index is -1.57. The van der Waals surface area contributed by atoms with Gasteiger partial charge in [-0.05, 0) is 53.8 Å². The van der Waals surface area contributed by atoms with Gasteiger partial charge in [-0.15, -0.1) is 0 Å². The number of hydrogen-bond donors (Lipinski definition) is 1. The predicted octanol–water partition coefficient (Wildman–Crippen LogP) is 2.39. The number of fused-ring (bicyclic) bond motifs is 1. The molecule has 1 N–H and O–H groups in total. The van der Waals surface area contributed by atoms with Gasteiger partial charge in [-0.2, -0.15) is 0 Å². The van der Waals surface area contributed by atoms with Gasteiger partial charge in [-0.25, -0.2) is 0 Å². The minimum Gasteiger partial charge on any atom is -0.493 e. The van der Waals surface area contributed by atoms with E-state index in [0.717, 1.165) is 18.1 Å². The van der Waals surface area contributed by atoms with E-state index in [-0.39, 0.29) is 19.0 Å². The summed E-state index contributed by atoms with van der Waals surface area (Å²) in [6.45, 7) is 4.16. The molecule has 0 aromatic heterocycles. The molecule has 12 nitrogen and oxygen atoms in total. The van der Waals surface area contributed by atoms with Gasteiger partial charge < -0.3 is 38.6 Å². The van der Waals surface area contributed by atoms with Crippen LogP contribution in [0.5, 0.6) is 23.0 Å². The fourth-order valence-corrected chi connectivity index (χ4v) is 5.08. The van der Waals surface area contributed by atoms with E-state index in [0.29, 0.717) is 41.4 Å². The second kappa shape index (κ2) is 14.4. The number of rotatable bonds is 12. The summed E-state index contributed by atoms with van der Waals surface area (Å²) in [5.41, 5.74) is 2.25. The van der Waals surface area contributed by atoms with Crippen molar-refractivity contribution in [3.05, 3.63) is 47.0 Å². The molecule has 0 saturated carbocycles. The Bertz CT molecular complexity index is 1310. The molecule has 2 aromatic carbocycles. The lowest BCUT2D eigenvalue weighted by atomic mass is 9.86. The van der Waals surface area contributed by atoms with E-state index in [4.69, 9.17) is 28.4 Å². The molecule has 0 radical (unpaired) electrons. The number of methoxy groups -OCH3 is 4. The largest absolute Gasteiger partial charge is 0.493 e. The lowest BCUT2D eigenvalue weighted by Gasteiger charge is -2.42. The number of carbonyl (C=O) groups is 4. The Labute approximate surface area is 245 Å². The Morgan fingerprint density at radius 2 is 1.43 bits per heavy atom. The summed E-state index contributed by atoms with van der Waals surface area (Å²) in [4.78, 5) is 52.5. The van der Waals surface area contributed by atoms with Crippen molar-refractivity contribution >= 4 is 23.8 Å². The second-order valence-electron chi connectivity index (χ2n) is 9.65. The lowest BCUT2D eigenvalue weighted by Crippen LogP contribution is -2.55. The van der Waals surface area contributed by atoms with E-state index in [2.05, 4.69) is 5.32 Å². The van der Waals surface area contributed by atoms with Crippen LogP contribution in [0.25, 0.3) is 0 Å². The van der Waals surface area contributed by atoms with Crippen molar-refractivity contribution in [3.63, 3.8) is 0 Å². The van der Waals surface area contributed by atoms with Crippen LogP contribution in [0.3, 0.4) is 0 Å². The van der Waals surface area contributed by atoms with Crippen LogP contribution in [0.4, 0.5) is 0 Å². The van der Waals surface area contributed by atoms with Crippen LogP contribution in [0.1, 0.15) is 43.5 Å². The molecule has 228 valence electrons. The molecule has 0 fully saturated rings. The Morgan fingerprint density at radius 1 is 0.833 bits per heavy atom. The first-order chi connectivity index (χ1) is 20.0. The number of amides is 2. The quantitative estimate of drug-likeness (QED) is 0.369. The lowest BCUT2D eigenvalue weighted by molar-refractivity contribution is -0.178. The Hall–Kier alpha value is -4.48. The van der Waals surface area contributed by atoms with Crippen molar-refractivity contribution in [2.45, 2.75) is 51.9 Å². The molecule has 1 aliphatic heterocycles. The molecule has 0 saturated heterocycles. The molecule has 1 unspecified atom stereocenters. The van der Waals surface area contributed by atoms with Gasteiger partial charge in [0.2, 0.25) is 12.0 Å². The zero-order chi connectivity index (χ0) is 31.0. The zero-order valence-electron chi connectivity index (χ0n) is 25.0. The van der Waals surface area contributed by atoms with E-state index in [1.165, 1.54) is 47.2 Å². The summed E-state index contributed by atoms with van der Waals surface area (Å²) < 4.78 is 32.7. The molecule has 12 heteroatoms. The number of ether oxygens (including phenoxy) is 6. The zero-order valence-corrected chi connectivity index (χ0v) is 25.0. The molecule has 1 heterocycles. The van der Waals surface area contributed by atoms with Crippen molar-refractivity contribution in [2.75, 3.05) is 41.5 Å². The van der Waals surface area contributed by atoms with Crippen LogP contribution < -0.4 is 24.3 Å². The average Bonchev–Trinajstić information content (AvgIpc) is 2.96. The van der Waals surface area contributed by atoms with Crippen LogP contribution >= 0.6 is 0 Å². The van der Waals surface area contributed by atoms with Crippen LogP contribution in [0.15, 0.2) is 30.3 Å². The molecule has 2 aromatic rings. The Morgan fingerprint density at radius 3 is 2.00 bits per heavy atom. The Balaban J connectivity index is 1.99. The molecule has 3 atom stereocenters.